The Kier molecular flexibility index (Phi) is 5.61. The Morgan fingerprint density at radius 1 is 1.12 bits per heavy atom. The molecule has 0 aliphatic carbocycles. The van der Waals surface area contributed by atoms with E-state index in [0.29, 0.717) is 12.3 Å². The van der Waals surface area contributed by atoms with Gasteiger partial charge >= 0.3 is 0 Å². The van der Waals surface area contributed by atoms with E-state index in [9.17, 15) is 4.79 Å². The molecule has 17 heavy (non-hydrogen) atoms. The molecule has 0 bridgehead atoms. The third kappa shape index (κ3) is 4.48. The van der Waals surface area contributed by atoms with Crippen molar-refractivity contribution in [1.82, 2.24) is 15.1 Å². The molecule has 2 heterocycles. The SMILES string of the molecule is O=C(CCN1CCCSCC1)N1CCNCC1. The van der Waals surface area contributed by atoms with Crippen molar-refractivity contribution in [3.05, 3.63) is 0 Å². The quantitative estimate of drug-likeness (QED) is 0.786. The van der Waals surface area contributed by atoms with E-state index in [-0.39, 0.29) is 0 Å². The van der Waals surface area contributed by atoms with Crippen molar-refractivity contribution in [3.63, 3.8) is 0 Å². The minimum Gasteiger partial charge on any atom is -0.340 e. The van der Waals surface area contributed by atoms with Crippen LogP contribution in [0.1, 0.15) is 12.8 Å². The fourth-order valence-corrected chi connectivity index (χ4v) is 3.27. The van der Waals surface area contributed by atoms with Gasteiger partial charge in [0.15, 0.2) is 0 Å². The zero-order chi connectivity index (χ0) is 11.9. The van der Waals surface area contributed by atoms with Crippen LogP contribution in [-0.4, -0.2) is 73.0 Å². The molecule has 2 aliphatic heterocycles. The van der Waals surface area contributed by atoms with Gasteiger partial charge in [-0.05, 0) is 18.7 Å². The number of nitrogens with zero attached hydrogens (tertiary/aromatic N) is 2. The normalized spacial score (nSPS) is 23.4. The minimum atomic E-state index is 0.336. The molecule has 98 valence electrons. The molecule has 0 saturated carbocycles. The van der Waals surface area contributed by atoms with Gasteiger partial charge in [-0.1, -0.05) is 0 Å². The Bertz CT molecular complexity index is 236. The van der Waals surface area contributed by atoms with Crippen molar-refractivity contribution in [3.8, 4) is 0 Å². The number of hydrogen-bond donors (Lipinski definition) is 1. The summed E-state index contributed by atoms with van der Waals surface area (Å²) < 4.78 is 0. The molecule has 4 nitrogen and oxygen atoms in total. The van der Waals surface area contributed by atoms with E-state index < -0.39 is 0 Å². The van der Waals surface area contributed by atoms with Crippen LogP contribution in [0.3, 0.4) is 0 Å². The number of thioether (sulfide) groups is 1. The second-order valence-electron chi connectivity index (χ2n) is 4.69. The molecule has 0 aromatic heterocycles. The summed E-state index contributed by atoms with van der Waals surface area (Å²) in [5.41, 5.74) is 0. The highest BCUT2D eigenvalue weighted by atomic mass is 32.2. The molecule has 0 aromatic rings. The van der Waals surface area contributed by atoms with Crippen LogP contribution in [0.15, 0.2) is 0 Å². The van der Waals surface area contributed by atoms with Crippen LogP contribution >= 0.6 is 11.8 Å². The topological polar surface area (TPSA) is 35.6 Å². The number of nitrogens with one attached hydrogen (secondary N) is 1. The summed E-state index contributed by atoms with van der Waals surface area (Å²) in [5.74, 6) is 2.84. The van der Waals surface area contributed by atoms with Crippen molar-refractivity contribution >= 4 is 17.7 Å². The lowest BCUT2D eigenvalue weighted by Crippen LogP contribution is -2.47. The Hall–Kier alpha value is -0.260. The van der Waals surface area contributed by atoms with E-state index in [2.05, 4.69) is 10.2 Å². The lowest BCUT2D eigenvalue weighted by atomic mass is 10.3. The maximum absolute atomic E-state index is 12.0. The Morgan fingerprint density at radius 2 is 1.94 bits per heavy atom. The first-order chi connectivity index (χ1) is 8.36. The molecule has 1 N–H and O–H groups in total. The van der Waals surface area contributed by atoms with Gasteiger partial charge in [0.1, 0.15) is 0 Å². The van der Waals surface area contributed by atoms with E-state index in [1.165, 1.54) is 24.5 Å². The summed E-state index contributed by atoms with van der Waals surface area (Å²) in [7, 11) is 0. The minimum absolute atomic E-state index is 0.336. The molecule has 0 radical (unpaired) electrons. The fourth-order valence-electron chi connectivity index (χ4n) is 2.35. The van der Waals surface area contributed by atoms with Gasteiger partial charge < -0.3 is 15.1 Å². The van der Waals surface area contributed by atoms with Gasteiger partial charge in [0.25, 0.3) is 0 Å². The summed E-state index contributed by atoms with van der Waals surface area (Å²) in [5, 5.41) is 3.28. The number of amides is 1. The van der Waals surface area contributed by atoms with Crippen LogP contribution in [0.2, 0.25) is 0 Å². The second kappa shape index (κ2) is 7.24. The first-order valence-corrected chi connectivity index (χ1v) is 7.80. The highest BCUT2D eigenvalue weighted by Crippen LogP contribution is 2.10. The largest absolute Gasteiger partial charge is 0.340 e. The molecular weight excluding hydrogens is 234 g/mol. The lowest BCUT2D eigenvalue weighted by Gasteiger charge is -2.28. The van der Waals surface area contributed by atoms with Crippen LogP contribution < -0.4 is 5.32 Å². The van der Waals surface area contributed by atoms with Crippen LogP contribution in [0.5, 0.6) is 0 Å². The van der Waals surface area contributed by atoms with Gasteiger partial charge in [-0.3, -0.25) is 4.79 Å². The van der Waals surface area contributed by atoms with Gasteiger partial charge in [0.05, 0.1) is 0 Å². The predicted molar refractivity (Wildman–Crippen MR) is 72.4 cm³/mol. The van der Waals surface area contributed by atoms with Gasteiger partial charge in [0, 0.05) is 51.4 Å². The molecule has 1 amide bonds. The molecule has 0 aromatic carbocycles. The van der Waals surface area contributed by atoms with Crippen molar-refractivity contribution < 1.29 is 4.79 Å². The summed E-state index contributed by atoms with van der Waals surface area (Å²) in [6.07, 6.45) is 1.97. The maximum atomic E-state index is 12.0. The zero-order valence-corrected chi connectivity index (χ0v) is 11.3. The third-order valence-corrected chi connectivity index (χ3v) is 4.48. The van der Waals surface area contributed by atoms with Crippen molar-refractivity contribution in [2.45, 2.75) is 12.8 Å². The van der Waals surface area contributed by atoms with Crippen LogP contribution in [0, 0.1) is 0 Å². The average Bonchev–Trinajstić information content (AvgIpc) is 2.65. The summed E-state index contributed by atoms with van der Waals surface area (Å²) in [6.45, 7) is 6.94. The van der Waals surface area contributed by atoms with E-state index in [0.717, 1.165) is 39.3 Å². The number of rotatable bonds is 3. The third-order valence-electron chi connectivity index (χ3n) is 3.43. The number of hydrogen-bond acceptors (Lipinski definition) is 4. The molecule has 0 spiro atoms. The van der Waals surface area contributed by atoms with Gasteiger partial charge in [0.2, 0.25) is 5.91 Å². The predicted octanol–water partition coefficient (Wildman–Crippen LogP) is 0.247. The highest BCUT2D eigenvalue weighted by molar-refractivity contribution is 7.99. The number of piperazine rings is 1. The van der Waals surface area contributed by atoms with Crippen LogP contribution in [0.25, 0.3) is 0 Å². The Balaban J connectivity index is 1.67. The smallest absolute Gasteiger partial charge is 0.223 e. The maximum Gasteiger partial charge on any atom is 0.223 e. The summed E-state index contributed by atoms with van der Waals surface area (Å²) in [4.78, 5) is 16.4. The summed E-state index contributed by atoms with van der Waals surface area (Å²) >= 11 is 2.04. The van der Waals surface area contributed by atoms with E-state index in [4.69, 9.17) is 0 Å². The van der Waals surface area contributed by atoms with Gasteiger partial charge in [-0.25, -0.2) is 0 Å². The first-order valence-electron chi connectivity index (χ1n) is 6.65. The molecule has 2 aliphatic rings. The molecular formula is C12H23N3OS. The number of carbonyl (C=O) groups excluding carboxylic acids is 1. The molecule has 2 rings (SSSR count). The average molecular weight is 257 g/mol. The Morgan fingerprint density at radius 3 is 2.76 bits per heavy atom. The molecule has 0 atom stereocenters. The molecule has 0 unspecified atom stereocenters. The van der Waals surface area contributed by atoms with E-state index in [1.807, 2.05) is 16.7 Å². The molecule has 2 saturated heterocycles. The molecule has 5 heteroatoms. The Labute approximate surface area is 108 Å². The first kappa shape index (κ1) is 13.2. The second-order valence-corrected chi connectivity index (χ2v) is 5.91. The standard InChI is InChI=1S/C12H23N3OS/c16-12(15-7-3-13-4-8-15)2-6-14-5-1-10-17-11-9-14/h13H,1-11H2. The zero-order valence-electron chi connectivity index (χ0n) is 10.5. The fraction of sp³-hybridized carbons (Fsp3) is 0.917. The van der Waals surface area contributed by atoms with Crippen molar-refractivity contribution in [2.24, 2.45) is 0 Å². The van der Waals surface area contributed by atoms with Crippen molar-refractivity contribution in [1.29, 1.82) is 0 Å². The lowest BCUT2D eigenvalue weighted by molar-refractivity contribution is -0.132. The molecule has 2 fully saturated rings. The van der Waals surface area contributed by atoms with E-state index in [1.54, 1.807) is 0 Å². The van der Waals surface area contributed by atoms with Crippen LogP contribution in [0.4, 0.5) is 0 Å². The highest BCUT2D eigenvalue weighted by Gasteiger charge is 2.17. The van der Waals surface area contributed by atoms with Crippen LogP contribution in [-0.2, 0) is 4.79 Å². The van der Waals surface area contributed by atoms with Gasteiger partial charge in [-0.15, -0.1) is 0 Å². The van der Waals surface area contributed by atoms with E-state index >= 15 is 0 Å². The summed E-state index contributed by atoms with van der Waals surface area (Å²) in [6, 6.07) is 0. The van der Waals surface area contributed by atoms with Crippen molar-refractivity contribution in [2.75, 3.05) is 57.3 Å². The number of carbonyl (C=O) groups is 1. The monoisotopic (exact) mass is 257 g/mol. The van der Waals surface area contributed by atoms with Gasteiger partial charge in [-0.2, -0.15) is 11.8 Å².